The number of benzene rings is 2. The van der Waals surface area contributed by atoms with E-state index in [1.807, 2.05) is 0 Å². The minimum atomic E-state index is -4.44. The maximum absolute atomic E-state index is 12.5. The zero-order valence-corrected chi connectivity index (χ0v) is 11.2. The van der Waals surface area contributed by atoms with Crippen LogP contribution in [0.2, 0.25) is 0 Å². The Balaban J connectivity index is 2.23. The number of nitrogens with one attached hydrogen (secondary N) is 1. The molecule has 1 atom stereocenters. The lowest BCUT2D eigenvalue weighted by Crippen LogP contribution is -2.30. The Morgan fingerprint density at radius 1 is 1.05 bits per heavy atom. The number of hydroxylamine groups is 1. The second-order valence-electron chi connectivity index (χ2n) is 4.41. The normalized spacial score (nSPS) is 12.5. The minimum absolute atomic E-state index is 0.0745. The third-order valence-electron chi connectivity index (χ3n) is 2.89. The highest BCUT2D eigenvalue weighted by Crippen LogP contribution is 2.31. The molecule has 116 valence electrons. The van der Waals surface area contributed by atoms with Gasteiger partial charge in [0.25, 0.3) is 5.91 Å². The van der Waals surface area contributed by atoms with Gasteiger partial charge in [-0.25, -0.2) is 5.48 Å². The summed E-state index contributed by atoms with van der Waals surface area (Å²) in [6, 6.07) is 12.2. The van der Waals surface area contributed by atoms with Crippen LogP contribution in [0.25, 0.3) is 0 Å². The van der Waals surface area contributed by atoms with Gasteiger partial charge in [0.15, 0.2) is 0 Å². The van der Waals surface area contributed by atoms with Gasteiger partial charge < -0.3 is 4.74 Å². The van der Waals surface area contributed by atoms with Gasteiger partial charge in [0.2, 0.25) is 6.10 Å². The van der Waals surface area contributed by atoms with Crippen molar-refractivity contribution in [2.45, 2.75) is 12.3 Å². The van der Waals surface area contributed by atoms with Crippen LogP contribution in [0.3, 0.4) is 0 Å². The molecule has 4 nitrogen and oxygen atoms in total. The molecule has 0 heterocycles. The number of ether oxygens (including phenoxy) is 1. The molecule has 0 saturated heterocycles. The number of hydrogen-bond donors (Lipinski definition) is 2. The van der Waals surface area contributed by atoms with Crippen LogP contribution >= 0.6 is 0 Å². The van der Waals surface area contributed by atoms with Gasteiger partial charge in [0, 0.05) is 5.56 Å². The van der Waals surface area contributed by atoms with Crippen LogP contribution < -0.4 is 10.2 Å². The SMILES string of the molecule is O=C(NO)C(Oc1ccc(C(F)(F)F)cc1)c1ccccc1. The van der Waals surface area contributed by atoms with E-state index in [0.29, 0.717) is 5.56 Å². The second-order valence-corrected chi connectivity index (χ2v) is 4.41. The first-order valence-electron chi connectivity index (χ1n) is 6.24. The summed E-state index contributed by atoms with van der Waals surface area (Å²) < 4.78 is 42.9. The molecular formula is C15H12F3NO3. The van der Waals surface area contributed by atoms with Crippen LogP contribution in [-0.4, -0.2) is 11.1 Å². The number of carbonyl (C=O) groups is 1. The first-order valence-corrected chi connectivity index (χ1v) is 6.24. The standard InChI is InChI=1S/C15H12F3NO3/c16-15(17,18)11-6-8-12(9-7-11)22-13(14(20)19-21)10-4-2-1-3-5-10/h1-9,13,21H,(H,19,20). The number of halogens is 3. The van der Waals surface area contributed by atoms with E-state index in [-0.39, 0.29) is 5.75 Å². The van der Waals surface area contributed by atoms with Gasteiger partial charge in [-0.05, 0) is 24.3 Å². The summed E-state index contributed by atoms with van der Waals surface area (Å²) in [5.41, 5.74) is 1.11. The second kappa shape index (κ2) is 6.48. The first kappa shape index (κ1) is 15.8. The fraction of sp³-hybridized carbons (Fsp3) is 0.133. The van der Waals surface area contributed by atoms with E-state index in [0.717, 1.165) is 24.3 Å². The number of hydrogen-bond acceptors (Lipinski definition) is 3. The van der Waals surface area contributed by atoms with Gasteiger partial charge in [0.05, 0.1) is 5.56 Å². The highest BCUT2D eigenvalue weighted by Gasteiger charge is 2.30. The number of amides is 1. The lowest BCUT2D eigenvalue weighted by molar-refractivity contribution is -0.138. The van der Waals surface area contributed by atoms with Crippen LogP contribution in [0.15, 0.2) is 54.6 Å². The van der Waals surface area contributed by atoms with Crippen LogP contribution in [0.1, 0.15) is 17.2 Å². The molecule has 0 aliphatic heterocycles. The lowest BCUT2D eigenvalue weighted by atomic mass is 10.1. The highest BCUT2D eigenvalue weighted by molar-refractivity contribution is 5.81. The van der Waals surface area contributed by atoms with Gasteiger partial charge in [0.1, 0.15) is 5.75 Å². The summed E-state index contributed by atoms with van der Waals surface area (Å²) in [6.07, 6.45) is -5.62. The first-order chi connectivity index (χ1) is 10.4. The molecule has 0 fully saturated rings. The molecule has 2 aromatic carbocycles. The molecule has 0 radical (unpaired) electrons. The van der Waals surface area contributed by atoms with Crippen molar-refractivity contribution < 1.29 is 27.9 Å². The molecule has 2 rings (SSSR count). The van der Waals surface area contributed by atoms with Crippen LogP contribution in [0.4, 0.5) is 13.2 Å². The average Bonchev–Trinajstić information content (AvgIpc) is 2.52. The van der Waals surface area contributed by atoms with E-state index < -0.39 is 23.8 Å². The Morgan fingerprint density at radius 2 is 1.64 bits per heavy atom. The maximum atomic E-state index is 12.5. The summed E-state index contributed by atoms with van der Waals surface area (Å²) in [5.74, 6) is -0.753. The molecule has 0 spiro atoms. The predicted molar refractivity (Wildman–Crippen MR) is 71.2 cm³/mol. The summed E-state index contributed by atoms with van der Waals surface area (Å²) in [7, 11) is 0. The number of rotatable bonds is 4. The summed E-state index contributed by atoms with van der Waals surface area (Å²) in [6.45, 7) is 0. The Morgan fingerprint density at radius 3 is 2.14 bits per heavy atom. The summed E-state index contributed by atoms with van der Waals surface area (Å²) in [5, 5.41) is 8.77. The predicted octanol–water partition coefficient (Wildman–Crippen LogP) is 3.33. The van der Waals surface area contributed by atoms with E-state index in [2.05, 4.69) is 0 Å². The van der Waals surface area contributed by atoms with Crippen molar-refractivity contribution in [1.82, 2.24) is 5.48 Å². The van der Waals surface area contributed by atoms with Crippen LogP contribution in [-0.2, 0) is 11.0 Å². The zero-order chi connectivity index (χ0) is 16.2. The van der Waals surface area contributed by atoms with E-state index in [9.17, 15) is 18.0 Å². The molecule has 7 heteroatoms. The largest absolute Gasteiger partial charge is 0.476 e. The van der Waals surface area contributed by atoms with Crippen molar-refractivity contribution in [3.8, 4) is 5.75 Å². The van der Waals surface area contributed by atoms with Crippen molar-refractivity contribution in [3.63, 3.8) is 0 Å². The Bertz CT molecular complexity index is 627. The van der Waals surface area contributed by atoms with Crippen molar-refractivity contribution in [2.24, 2.45) is 0 Å². The van der Waals surface area contributed by atoms with Gasteiger partial charge in [-0.3, -0.25) is 10.0 Å². The lowest BCUT2D eigenvalue weighted by Gasteiger charge is -2.18. The maximum Gasteiger partial charge on any atom is 0.416 e. The Hall–Kier alpha value is -2.54. The van der Waals surface area contributed by atoms with Gasteiger partial charge >= 0.3 is 6.18 Å². The van der Waals surface area contributed by atoms with Gasteiger partial charge in [-0.1, -0.05) is 30.3 Å². The quantitative estimate of drug-likeness (QED) is 0.672. The monoisotopic (exact) mass is 311 g/mol. The minimum Gasteiger partial charge on any atom is -0.476 e. The van der Waals surface area contributed by atoms with E-state index in [1.165, 1.54) is 5.48 Å². The molecule has 0 bridgehead atoms. The van der Waals surface area contributed by atoms with E-state index in [4.69, 9.17) is 9.94 Å². The molecule has 22 heavy (non-hydrogen) atoms. The molecular weight excluding hydrogens is 299 g/mol. The van der Waals surface area contributed by atoms with Crippen molar-refractivity contribution in [2.75, 3.05) is 0 Å². The van der Waals surface area contributed by atoms with Crippen LogP contribution in [0.5, 0.6) is 5.75 Å². The molecule has 1 amide bonds. The third kappa shape index (κ3) is 3.76. The highest BCUT2D eigenvalue weighted by atomic mass is 19.4. The van der Waals surface area contributed by atoms with Gasteiger partial charge in [-0.2, -0.15) is 13.2 Å². The van der Waals surface area contributed by atoms with E-state index >= 15 is 0 Å². The number of carbonyl (C=O) groups excluding carboxylic acids is 1. The van der Waals surface area contributed by atoms with Crippen molar-refractivity contribution >= 4 is 5.91 Å². The molecule has 0 aliphatic carbocycles. The molecule has 1 unspecified atom stereocenters. The van der Waals surface area contributed by atoms with Crippen molar-refractivity contribution in [3.05, 3.63) is 65.7 Å². The van der Waals surface area contributed by atoms with Crippen LogP contribution in [0, 0.1) is 0 Å². The molecule has 0 aliphatic rings. The zero-order valence-electron chi connectivity index (χ0n) is 11.2. The van der Waals surface area contributed by atoms with Crippen molar-refractivity contribution in [1.29, 1.82) is 0 Å². The molecule has 0 aromatic heterocycles. The fourth-order valence-corrected chi connectivity index (χ4v) is 1.82. The molecule has 0 saturated carbocycles. The average molecular weight is 311 g/mol. The van der Waals surface area contributed by atoms with E-state index in [1.54, 1.807) is 30.3 Å². The topological polar surface area (TPSA) is 58.6 Å². The number of alkyl halides is 3. The van der Waals surface area contributed by atoms with Gasteiger partial charge in [-0.15, -0.1) is 0 Å². The Kier molecular flexibility index (Phi) is 4.67. The summed E-state index contributed by atoms with van der Waals surface area (Å²) >= 11 is 0. The third-order valence-corrected chi connectivity index (χ3v) is 2.89. The molecule has 2 N–H and O–H groups in total. The Labute approximate surface area is 124 Å². The summed E-state index contributed by atoms with van der Waals surface area (Å²) in [4.78, 5) is 11.7. The molecule has 2 aromatic rings. The fourth-order valence-electron chi connectivity index (χ4n) is 1.82. The smallest absolute Gasteiger partial charge is 0.416 e.